The van der Waals surface area contributed by atoms with E-state index in [0.717, 1.165) is 42.0 Å². The molecule has 220 valence electrons. The van der Waals surface area contributed by atoms with E-state index in [2.05, 4.69) is 9.97 Å². The van der Waals surface area contributed by atoms with E-state index in [1.54, 1.807) is 13.8 Å². The van der Waals surface area contributed by atoms with Gasteiger partial charge < -0.3 is 10.2 Å². The lowest BCUT2D eigenvalue weighted by Gasteiger charge is -2.30. The predicted molar refractivity (Wildman–Crippen MR) is 148 cm³/mol. The first-order valence-corrected chi connectivity index (χ1v) is 14.5. The molecule has 4 rings (SSSR count). The SMILES string of the molecule is CCCCC(O)(CC(O)c1sc(-c2ccc(C(F)(F)F)cc2)nc1C)c1sc(-c2ccc(C(F)(F)F)cc2)nc1C. The van der Waals surface area contributed by atoms with Crippen molar-refractivity contribution >= 4 is 22.7 Å². The minimum Gasteiger partial charge on any atom is -0.387 e. The van der Waals surface area contributed by atoms with Crippen LogP contribution in [0.5, 0.6) is 0 Å². The van der Waals surface area contributed by atoms with E-state index in [-0.39, 0.29) is 6.42 Å². The lowest BCUT2D eigenvalue weighted by molar-refractivity contribution is -0.138. The molecule has 41 heavy (non-hydrogen) atoms. The van der Waals surface area contributed by atoms with Crippen molar-refractivity contribution < 1.29 is 36.6 Å². The van der Waals surface area contributed by atoms with Crippen LogP contribution >= 0.6 is 22.7 Å². The molecule has 0 spiro atoms. The second kappa shape index (κ2) is 11.8. The Hall–Kier alpha value is -2.80. The fraction of sp³-hybridized carbons (Fsp3) is 0.379. The maximum atomic E-state index is 13.0. The van der Waals surface area contributed by atoms with E-state index in [4.69, 9.17) is 0 Å². The van der Waals surface area contributed by atoms with Gasteiger partial charge in [0.15, 0.2) is 0 Å². The third kappa shape index (κ3) is 6.99. The van der Waals surface area contributed by atoms with Crippen LogP contribution in [0.1, 0.15) is 71.0 Å². The smallest absolute Gasteiger partial charge is 0.387 e. The fourth-order valence-electron chi connectivity index (χ4n) is 4.59. The highest BCUT2D eigenvalue weighted by Crippen LogP contribution is 2.45. The molecule has 2 aromatic heterocycles. The molecule has 2 aromatic carbocycles. The molecule has 0 amide bonds. The average Bonchev–Trinajstić information content (AvgIpc) is 3.50. The number of unbranched alkanes of at least 4 members (excludes halogenated alkanes) is 1. The summed E-state index contributed by atoms with van der Waals surface area (Å²) in [6, 6.07) is 9.28. The number of nitrogens with zero attached hydrogens (tertiary/aromatic N) is 2. The Balaban J connectivity index is 1.61. The van der Waals surface area contributed by atoms with Gasteiger partial charge in [0.2, 0.25) is 0 Å². The van der Waals surface area contributed by atoms with Gasteiger partial charge in [-0.1, -0.05) is 44.0 Å². The van der Waals surface area contributed by atoms with Gasteiger partial charge in [-0.05, 0) is 44.5 Å². The minimum absolute atomic E-state index is 0.0853. The lowest BCUT2D eigenvalue weighted by atomic mass is 9.87. The van der Waals surface area contributed by atoms with Crippen LogP contribution in [0.4, 0.5) is 26.3 Å². The number of hydrogen-bond acceptors (Lipinski definition) is 6. The molecule has 0 saturated carbocycles. The number of aliphatic hydroxyl groups excluding tert-OH is 1. The summed E-state index contributed by atoms with van der Waals surface area (Å²) < 4.78 is 77.8. The van der Waals surface area contributed by atoms with Crippen LogP contribution in [0.3, 0.4) is 0 Å². The monoisotopic (exact) mass is 614 g/mol. The third-order valence-corrected chi connectivity index (χ3v) is 9.46. The van der Waals surface area contributed by atoms with Crippen LogP contribution in [-0.2, 0) is 18.0 Å². The molecule has 2 heterocycles. The van der Waals surface area contributed by atoms with E-state index >= 15 is 0 Å². The highest BCUT2D eigenvalue weighted by molar-refractivity contribution is 7.15. The van der Waals surface area contributed by atoms with Gasteiger partial charge in [0.05, 0.1) is 38.4 Å². The number of aryl methyl sites for hydroxylation is 2. The molecule has 0 bridgehead atoms. The van der Waals surface area contributed by atoms with Crippen molar-refractivity contribution in [3.05, 3.63) is 80.8 Å². The van der Waals surface area contributed by atoms with E-state index < -0.39 is 35.2 Å². The van der Waals surface area contributed by atoms with Crippen molar-refractivity contribution in [3.63, 3.8) is 0 Å². The van der Waals surface area contributed by atoms with Crippen molar-refractivity contribution in [2.24, 2.45) is 0 Å². The first-order chi connectivity index (χ1) is 19.1. The van der Waals surface area contributed by atoms with Gasteiger partial charge in [0, 0.05) is 17.5 Å². The van der Waals surface area contributed by atoms with Crippen molar-refractivity contribution in [1.82, 2.24) is 9.97 Å². The van der Waals surface area contributed by atoms with Crippen LogP contribution in [-0.4, -0.2) is 20.2 Å². The largest absolute Gasteiger partial charge is 0.416 e. The minimum atomic E-state index is -4.46. The summed E-state index contributed by atoms with van der Waals surface area (Å²) in [5.74, 6) is 0. The van der Waals surface area contributed by atoms with Gasteiger partial charge in [0.25, 0.3) is 0 Å². The highest BCUT2D eigenvalue weighted by Gasteiger charge is 2.37. The Morgan fingerprint density at radius 2 is 1.22 bits per heavy atom. The normalized spacial score (nSPS) is 14.7. The highest BCUT2D eigenvalue weighted by atomic mass is 32.1. The Morgan fingerprint density at radius 1 is 0.756 bits per heavy atom. The summed E-state index contributed by atoms with van der Waals surface area (Å²) >= 11 is 2.32. The molecule has 0 radical (unpaired) electrons. The first kappa shape index (κ1) is 31.1. The summed E-state index contributed by atoms with van der Waals surface area (Å²) in [7, 11) is 0. The molecule has 4 nitrogen and oxygen atoms in total. The van der Waals surface area contributed by atoms with Crippen LogP contribution in [0.15, 0.2) is 48.5 Å². The van der Waals surface area contributed by atoms with Crippen LogP contribution in [0.2, 0.25) is 0 Å². The molecule has 2 unspecified atom stereocenters. The second-order valence-corrected chi connectivity index (χ2v) is 11.9. The Labute approximate surface area is 241 Å². The van der Waals surface area contributed by atoms with Crippen molar-refractivity contribution in [2.45, 2.75) is 70.5 Å². The molecule has 4 aromatic rings. The maximum absolute atomic E-state index is 13.0. The average molecular weight is 615 g/mol. The molecular weight excluding hydrogens is 586 g/mol. The number of aliphatic hydroxyl groups is 2. The topological polar surface area (TPSA) is 66.2 Å². The Bertz CT molecular complexity index is 1480. The standard InChI is InChI=1S/C29H28F6N2O2S2/c1-4-5-14-27(39,24-17(3)37-26(41-24)19-8-12-21(13-9-19)29(33,34)35)15-22(38)23-16(2)36-25(40-23)18-6-10-20(11-7-18)28(30,31)32/h6-13,22,38-39H,4-5,14-15H2,1-3H3. The number of hydrogen-bond donors (Lipinski definition) is 2. The van der Waals surface area contributed by atoms with Crippen molar-refractivity contribution in [3.8, 4) is 21.1 Å². The van der Waals surface area contributed by atoms with Crippen LogP contribution < -0.4 is 0 Å². The lowest BCUT2D eigenvalue weighted by Crippen LogP contribution is -2.28. The van der Waals surface area contributed by atoms with Crippen LogP contribution in [0.25, 0.3) is 21.1 Å². The van der Waals surface area contributed by atoms with E-state index in [0.29, 0.717) is 55.1 Å². The summed E-state index contributed by atoms with van der Waals surface area (Å²) in [4.78, 5) is 9.97. The summed E-state index contributed by atoms with van der Waals surface area (Å²) in [5.41, 5.74) is -1.05. The molecule has 12 heteroatoms. The summed E-state index contributed by atoms with van der Waals surface area (Å²) in [6.45, 7) is 5.37. The number of aromatic nitrogens is 2. The zero-order valence-corrected chi connectivity index (χ0v) is 24.0. The van der Waals surface area contributed by atoms with Crippen molar-refractivity contribution in [1.29, 1.82) is 0 Å². The van der Waals surface area contributed by atoms with Crippen molar-refractivity contribution in [2.75, 3.05) is 0 Å². The number of rotatable bonds is 9. The molecule has 0 aliphatic carbocycles. The number of halogens is 6. The van der Waals surface area contributed by atoms with Crippen LogP contribution in [0, 0.1) is 13.8 Å². The molecule has 2 N–H and O–H groups in total. The molecule has 0 fully saturated rings. The Morgan fingerprint density at radius 3 is 1.68 bits per heavy atom. The third-order valence-electron chi connectivity index (χ3n) is 6.75. The second-order valence-electron chi connectivity index (χ2n) is 9.91. The van der Waals surface area contributed by atoms with Gasteiger partial charge in [-0.3, -0.25) is 0 Å². The number of benzene rings is 2. The molecule has 0 saturated heterocycles. The van der Waals surface area contributed by atoms with E-state index in [1.807, 2.05) is 6.92 Å². The molecule has 0 aliphatic rings. The zero-order chi connectivity index (χ0) is 30.2. The molecular formula is C29H28F6N2O2S2. The predicted octanol–water partition coefficient (Wildman–Crippen LogP) is 9.09. The Kier molecular flexibility index (Phi) is 8.98. The summed E-state index contributed by atoms with van der Waals surface area (Å²) in [6.07, 6.45) is -8.39. The quantitative estimate of drug-likeness (QED) is 0.185. The van der Waals surface area contributed by atoms with Gasteiger partial charge in [-0.15, -0.1) is 22.7 Å². The number of alkyl halides is 6. The van der Waals surface area contributed by atoms with E-state index in [1.165, 1.54) is 35.6 Å². The fourth-order valence-corrected chi connectivity index (χ4v) is 6.84. The molecule has 0 aliphatic heterocycles. The van der Waals surface area contributed by atoms with Gasteiger partial charge in [-0.2, -0.15) is 26.3 Å². The van der Waals surface area contributed by atoms with Gasteiger partial charge in [0.1, 0.15) is 15.6 Å². The van der Waals surface area contributed by atoms with Gasteiger partial charge >= 0.3 is 12.4 Å². The van der Waals surface area contributed by atoms with E-state index in [9.17, 15) is 36.6 Å². The van der Waals surface area contributed by atoms with Gasteiger partial charge in [-0.25, -0.2) is 9.97 Å². The number of thiazole rings is 2. The zero-order valence-electron chi connectivity index (χ0n) is 22.4. The molecule has 2 atom stereocenters. The maximum Gasteiger partial charge on any atom is 0.416 e. The summed E-state index contributed by atoms with van der Waals surface area (Å²) in [5, 5.41) is 24.1. The first-order valence-electron chi connectivity index (χ1n) is 12.8.